The van der Waals surface area contributed by atoms with Crippen molar-refractivity contribution in [3.63, 3.8) is 0 Å². The van der Waals surface area contributed by atoms with Crippen LogP contribution >= 0.6 is 0 Å². The van der Waals surface area contributed by atoms with E-state index < -0.39 is 10.0 Å². The zero-order chi connectivity index (χ0) is 18.6. The van der Waals surface area contributed by atoms with Crippen LogP contribution in [0.25, 0.3) is 0 Å². The topological polar surface area (TPSA) is 69.7 Å². The van der Waals surface area contributed by atoms with Crippen LogP contribution in [-0.2, 0) is 10.0 Å². The van der Waals surface area contributed by atoms with Gasteiger partial charge in [0.25, 0.3) is 5.91 Å². The van der Waals surface area contributed by atoms with Crippen molar-refractivity contribution >= 4 is 15.9 Å². The van der Waals surface area contributed by atoms with Gasteiger partial charge in [-0.05, 0) is 44.0 Å². The van der Waals surface area contributed by atoms with E-state index in [4.69, 9.17) is 0 Å². The van der Waals surface area contributed by atoms with Crippen LogP contribution < -0.4 is 5.32 Å². The molecule has 1 aliphatic heterocycles. The number of hydrogen-bond acceptors (Lipinski definition) is 4. The molecule has 1 aliphatic carbocycles. The maximum Gasteiger partial charge on any atom is 0.251 e. The van der Waals surface area contributed by atoms with Crippen molar-refractivity contribution in [2.24, 2.45) is 5.92 Å². The van der Waals surface area contributed by atoms with Gasteiger partial charge in [-0.15, -0.1) is 0 Å². The quantitative estimate of drug-likeness (QED) is 0.849. The minimum atomic E-state index is -3.55. The molecule has 7 heteroatoms. The molecule has 2 fully saturated rings. The van der Waals surface area contributed by atoms with Crippen molar-refractivity contribution in [3.8, 4) is 0 Å². The molecule has 1 N–H and O–H groups in total. The second kappa shape index (κ2) is 8.50. The SMILES string of the molecule is CN1CCN(S(=O)(=O)c2cccc(C(=O)NCC3CCCCC3)c2)CC1. The minimum Gasteiger partial charge on any atom is -0.352 e. The van der Waals surface area contributed by atoms with Gasteiger partial charge in [0, 0.05) is 38.3 Å². The van der Waals surface area contributed by atoms with Gasteiger partial charge in [-0.1, -0.05) is 25.3 Å². The predicted molar refractivity (Wildman–Crippen MR) is 102 cm³/mol. The first-order chi connectivity index (χ1) is 12.5. The fourth-order valence-corrected chi connectivity index (χ4v) is 5.17. The molecule has 1 heterocycles. The predicted octanol–water partition coefficient (Wildman–Crippen LogP) is 1.93. The zero-order valence-corrected chi connectivity index (χ0v) is 16.3. The second-order valence-corrected chi connectivity index (χ2v) is 9.39. The van der Waals surface area contributed by atoms with E-state index in [1.54, 1.807) is 18.2 Å². The first kappa shape index (κ1) is 19.3. The molecule has 1 saturated heterocycles. The maximum absolute atomic E-state index is 12.8. The normalized spacial score (nSPS) is 20.8. The molecule has 0 atom stereocenters. The van der Waals surface area contributed by atoms with Crippen LogP contribution in [0.2, 0.25) is 0 Å². The highest BCUT2D eigenvalue weighted by Crippen LogP contribution is 2.23. The molecule has 144 valence electrons. The largest absolute Gasteiger partial charge is 0.352 e. The Balaban J connectivity index is 1.66. The summed E-state index contributed by atoms with van der Waals surface area (Å²) in [7, 11) is -1.56. The van der Waals surface area contributed by atoms with Crippen LogP contribution in [0, 0.1) is 5.92 Å². The standard InChI is InChI=1S/C19H29N3O3S/c1-21-10-12-22(13-11-21)26(24,25)18-9-5-8-17(14-18)19(23)20-15-16-6-3-2-4-7-16/h5,8-9,14,16H,2-4,6-7,10-13,15H2,1H3,(H,20,23). The molecule has 1 amide bonds. The van der Waals surface area contributed by atoms with Gasteiger partial charge >= 0.3 is 0 Å². The van der Waals surface area contributed by atoms with Crippen LogP contribution in [0.1, 0.15) is 42.5 Å². The number of rotatable bonds is 5. The number of carbonyl (C=O) groups is 1. The molecule has 0 bridgehead atoms. The number of nitrogens with zero attached hydrogens (tertiary/aromatic N) is 2. The number of sulfonamides is 1. The molecular formula is C19H29N3O3S. The smallest absolute Gasteiger partial charge is 0.251 e. The van der Waals surface area contributed by atoms with Gasteiger partial charge in [0.05, 0.1) is 4.90 Å². The van der Waals surface area contributed by atoms with E-state index in [0.29, 0.717) is 31.1 Å². The average molecular weight is 380 g/mol. The minimum absolute atomic E-state index is 0.189. The van der Waals surface area contributed by atoms with Gasteiger partial charge in [0.2, 0.25) is 10.0 Å². The van der Waals surface area contributed by atoms with Gasteiger partial charge in [-0.25, -0.2) is 8.42 Å². The molecule has 0 spiro atoms. The van der Waals surface area contributed by atoms with Crippen molar-refractivity contribution in [2.75, 3.05) is 39.8 Å². The number of carbonyl (C=O) groups excluding carboxylic acids is 1. The molecule has 1 aromatic rings. The number of hydrogen-bond donors (Lipinski definition) is 1. The lowest BCUT2D eigenvalue weighted by atomic mass is 9.89. The van der Waals surface area contributed by atoms with Crippen LogP contribution in [0.4, 0.5) is 0 Å². The monoisotopic (exact) mass is 379 g/mol. The lowest BCUT2D eigenvalue weighted by Gasteiger charge is -2.31. The van der Waals surface area contributed by atoms with Crippen molar-refractivity contribution in [1.82, 2.24) is 14.5 Å². The summed E-state index contributed by atoms with van der Waals surface area (Å²) in [5.41, 5.74) is 0.413. The third kappa shape index (κ3) is 4.64. The van der Waals surface area contributed by atoms with E-state index in [2.05, 4.69) is 10.2 Å². The highest BCUT2D eigenvalue weighted by molar-refractivity contribution is 7.89. The number of amides is 1. The summed E-state index contributed by atoms with van der Waals surface area (Å²) in [6.07, 6.45) is 6.09. The Hall–Kier alpha value is -1.44. The molecule has 1 saturated carbocycles. The van der Waals surface area contributed by atoms with Crippen molar-refractivity contribution in [3.05, 3.63) is 29.8 Å². The van der Waals surface area contributed by atoms with Crippen molar-refractivity contribution in [1.29, 1.82) is 0 Å². The fraction of sp³-hybridized carbons (Fsp3) is 0.632. The van der Waals surface area contributed by atoms with Gasteiger partial charge < -0.3 is 10.2 Å². The van der Waals surface area contributed by atoms with E-state index in [1.807, 2.05) is 7.05 Å². The summed E-state index contributed by atoms with van der Waals surface area (Å²) in [5.74, 6) is 0.357. The molecule has 0 radical (unpaired) electrons. The Morgan fingerprint density at radius 2 is 1.81 bits per heavy atom. The summed E-state index contributed by atoms with van der Waals surface area (Å²) < 4.78 is 27.2. The Bertz CT molecular complexity index is 721. The molecule has 3 rings (SSSR count). The number of benzene rings is 1. The summed E-state index contributed by atoms with van der Waals surface area (Å²) >= 11 is 0. The van der Waals surface area contributed by atoms with Crippen LogP contribution in [0.3, 0.4) is 0 Å². The zero-order valence-electron chi connectivity index (χ0n) is 15.5. The van der Waals surface area contributed by atoms with Gasteiger partial charge in [-0.3, -0.25) is 4.79 Å². The van der Waals surface area contributed by atoms with E-state index in [-0.39, 0.29) is 10.8 Å². The van der Waals surface area contributed by atoms with E-state index in [9.17, 15) is 13.2 Å². The summed E-state index contributed by atoms with van der Waals surface area (Å²) in [6, 6.07) is 6.41. The van der Waals surface area contributed by atoms with E-state index >= 15 is 0 Å². The summed E-state index contributed by atoms with van der Waals surface area (Å²) in [6.45, 7) is 3.09. The van der Waals surface area contributed by atoms with Crippen LogP contribution in [0.5, 0.6) is 0 Å². The highest BCUT2D eigenvalue weighted by Gasteiger charge is 2.28. The maximum atomic E-state index is 12.8. The molecule has 1 aromatic carbocycles. The molecular weight excluding hydrogens is 350 g/mol. The third-order valence-electron chi connectivity index (χ3n) is 5.47. The van der Waals surface area contributed by atoms with E-state index in [1.165, 1.54) is 29.6 Å². The van der Waals surface area contributed by atoms with Crippen LogP contribution in [-0.4, -0.2) is 63.3 Å². The number of likely N-dealkylation sites (N-methyl/N-ethyl adjacent to an activating group) is 1. The summed E-state index contributed by atoms with van der Waals surface area (Å²) in [5, 5.41) is 2.98. The Morgan fingerprint density at radius 1 is 1.12 bits per heavy atom. The third-order valence-corrected chi connectivity index (χ3v) is 7.37. The molecule has 26 heavy (non-hydrogen) atoms. The fourth-order valence-electron chi connectivity index (χ4n) is 3.71. The van der Waals surface area contributed by atoms with Crippen molar-refractivity contribution in [2.45, 2.75) is 37.0 Å². The lowest BCUT2D eigenvalue weighted by Crippen LogP contribution is -2.47. The summed E-state index contributed by atoms with van der Waals surface area (Å²) in [4.78, 5) is 14.8. The average Bonchev–Trinajstić information content (AvgIpc) is 2.67. The van der Waals surface area contributed by atoms with Crippen molar-refractivity contribution < 1.29 is 13.2 Å². The first-order valence-electron chi connectivity index (χ1n) is 9.54. The Morgan fingerprint density at radius 3 is 2.50 bits per heavy atom. The molecule has 2 aliphatic rings. The molecule has 6 nitrogen and oxygen atoms in total. The van der Waals surface area contributed by atoms with Gasteiger partial charge in [0.15, 0.2) is 0 Å². The Kier molecular flexibility index (Phi) is 6.32. The highest BCUT2D eigenvalue weighted by atomic mass is 32.2. The van der Waals surface area contributed by atoms with Gasteiger partial charge in [0.1, 0.15) is 0 Å². The van der Waals surface area contributed by atoms with Crippen LogP contribution in [0.15, 0.2) is 29.2 Å². The molecule has 0 aromatic heterocycles. The molecule has 0 unspecified atom stereocenters. The number of nitrogens with one attached hydrogen (secondary N) is 1. The lowest BCUT2D eigenvalue weighted by molar-refractivity contribution is 0.0943. The van der Waals surface area contributed by atoms with E-state index in [0.717, 1.165) is 25.9 Å². The number of piperazine rings is 1. The van der Waals surface area contributed by atoms with Gasteiger partial charge in [-0.2, -0.15) is 4.31 Å². The Labute approximate surface area is 156 Å². The first-order valence-corrected chi connectivity index (χ1v) is 11.0. The second-order valence-electron chi connectivity index (χ2n) is 7.45.